The molecule has 0 saturated heterocycles. The third kappa shape index (κ3) is 7.84. The molecule has 0 radical (unpaired) electrons. The minimum Gasteiger partial charge on any atom is -0.743 e. The second kappa shape index (κ2) is 10.7. The maximum atomic E-state index is 13.3. The predicted molar refractivity (Wildman–Crippen MR) is 117 cm³/mol. The SMILES string of the molecule is O=C(CCC(=O)OC(C(F)(F)F)C(F)(F)S(=O)(=O)[O-])NC(=O)c1cc(I)cc(I)c1I. The van der Waals surface area contributed by atoms with Crippen LogP contribution in [0.2, 0.25) is 0 Å². The minimum absolute atomic E-state index is 0.102. The van der Waals surface area contributed by atoms with Crippen LogP contribution in [0.5, 0.6) is 0 Å². The monoisotopic (exact) mass is 810 g/mol. The van der Waals surface area contributed by atoms with E-state index in [4.69, 9.17) is 0 Å². The number of amides is 2. The van der Waals surface area contributed by atoms with Gasteiger partial charge in [-0.15, -0.1) is 0 Å². The van der Waals surface area contributed by atoms with E-state index in [0.29, 0.717) is 10.7 Å². The van der Waals surface area contributed by atoms with Crippen LogP contribution >= 0.6 is 67.8 Å². The van der Waals surface area contributed by atoms with Gasteiger partial charge < -0.3 is 9.29 Å². The largest absolute Gasteiger partial charge is 0.743 e. The van der Waals surface area contributed by atoms with E-state index in [1.165, 1.54) is 6.07 Å². The molecule has 0 aromatic heterocycles. The number of ether oxygens (including phenoxy) is 1. The van der Waals surface area contributed by atoms with E-state index in [1.54, 1.807) is 6.07 Å². The van der Waals surface area contributed by atoms with Crippen molar-refractivity contribution >= 4 is 95.7 Å². The molecule has 1 unspecified atom stereocenters. The average Bonchev–Trinajstić information content (AvgIpc) is 2.58. The molecule has 17 heteroatoms. The average molecular weight is 810 g/mol. The first-order valence-corrected chi connectivity index (χ1v) is 12.1. The Hall–Kier alpha value is -0.420. The maximum Gasteiger partial charge on any atom is 0.432 e. The number of halogens is 8. The van der Waals surface area contributed by atoms with Gasteiger partial charge in [0.2, 0.25) is 5.91 Å². The lowest BCUT2D eigenvalue weighted by atomic mass is 10.2. The van der Waals surface area contributed by atoms with Crippen LogP contribution < -0.4 is 5.32 Å². The third-order valence-corrected chi connectivity index (χ3v) is 7.78. The summed E-state index contributed by atoms with van der Waals surface area (Å²) >= 11 is 5.70. The number of carbonyl (C=O) groups excluding carboxylic acids is 3. The summed E-state index contributed by atoms with van der Waals surface area (Å²) in [5.41, 5.74) is 0.102. The molecule has 31 heavy (non-hydrogen) atoms. The Labute approximate surface area is 212 Å². The first-order chi connectivity index (χ1) is 13.9. The fourth-order valence-electron chi connectivity index (χ4n) is 1.84. The van der Waals surface area contributed by atoms with Crippen LogP contribution in [0.3, 0.4) is 0 Å². The van der Waals surface area contributed by atoms with Crippen LogP contribution in [-0.4, -0.2) is 48.3 Å². The normalized spacial score (nSPS) is 13.5. The van der Waals surface area contributed by atoms with E-state index in [0.717, 1.165) is 0 Å². The van der Waals surface area contributed by atoms with Crippen LogP contribution in [-0.2, 0) is 24.4 Å². The molecule has 1 rings (SSSR count). The molecule has 174 valence electrons. The first-order valence-electron chi connectivity index (χ1n) is 7.46. The number of hydrogen-bond acceptors (Lipinski definition) is 7. The Balaban J connectivity index is 2.81. The van der Waals surface area contributed by atoms with Crippen molar-refractivity contribution < 1.29 is 54.0 Å². The number of carbonyl (C=O) groups is 3. The first kappa shape index (κ1) is 28.6. The van der Waals surface area contributed by atoms with Crippen LogP contribution in [0.15, 0.2) is 12.1 Å². The summed E-state index contributed by atoms with van der Waals surface area (Å²) in [7, 11) is -6.83. The van der Waals surface area contributed by atoms with E-state index >= 15 is 0 Å². The lowest BCUT2D eigenvalue weighted by Crippen LogP contribution is -2.52. The van der Waals surface area contributed by atoms with Crippen molar-refractivity contribution in [3.8, 4) is 0 Å². The smallest absolute Gasteiger partial charge is 0.432 e. The zero-order valence-corrected chi connectivity index (χ0v) is 21.7. The zero-order chi connectivity index (χ0) is 24.4. The van der Waals surface area contributed by atoms with Gasteiger partial charge in [0.1, 0.15) is 0 Å². The van der Waals surface area contributed by atoms with E-state index in [-0.39, 0.29) is 5.56 Å². The minimum atomic E-state index is -6.83. The second-order valence-corrected chi connectivity index (χ2v) is 10.5. The molecule has 0 saturated carbocycles. The molecule has 0 aliphatic heterocycles. The molecule has 0 aliphatic rings. The molecule has 0 heterocycles. The molecule has 2 amide bonds. The molecule has 8 nitrogen and oxygen atoms in total. The van der Waals surface area contributed by atoms with E-state index in [2.05, 4.69) is 4.74 Å². The summed E-state index contributed by atoms with van der Waals surface area (Å²) < 4.78 is 101. The van der Waals surface area contributed by atoms with Crippen molar-refractivity contribution in [2.45, 2.75) is 30.4 Å². The lowest BCUT2D eigenvalue weighted by molar-refractivity contribution is -0.259. The summed E-state index contributed by atoms with van der Waals surface area (Å²) in [6.07, 6.45) is -12.8. The quantitative estimate of drug-likeness (QED) is 0.147. The summed E-state index contributed by atoms with van der Waals surface area (Å²) in [4.78, 5) is 35.4. The van der Waals surface area contributed by atoms with E-state index < -0.39 is 58.3 Å². The van der Waals surface area contributed by atoms with Crippen LogP contribution in [0.25, 0.3) is 0 Å². The van der Waals surface area contributed by atoms with Gasteiger partial charge in [-0.1, -0.05) is 0 Å². The van der Waals surface area contributed by atoms with E-state index in [1.807, 2.05) is 73.1 Å². The number of rotatable bonds is 7. The van der Waals surface area contributed by atoms with Gasteiger partial charge in [0.25, 0.3) is 12.0 Å². The summed E-state index contributed by atoms with van der Waals surface area (Å²) in [5.74, 6) is -4.05. The maximum absolute atomic E-state index is 13.3. The van der Waals surface area contributed by atoms with Crippen LogP contribution in [0.4, 0.5) is 22.0 Å². The lowest BCUT2D eigenvalue weighted by Gasteiger charge is -2.29. The highest BCUT2D eigenvalue weighted by Gasteiger charge is 2.62. The number of nitrogens with one attached hydrogen (secondary N) is 1. The summed E-state index contributed by atoms with van der Waals surface area (Å²) in [6.45, 7) is 0. The van der Waals surface area contributed by atoms with Gasteiger partial charge in [-0.05, 0) is 79.9 Å². The van der Waals surface area contributed by atoms with Gasteiger partial charge in [0.05, 0.1) is 12.0 Å². The fraction of sp³-hybridized carbons (Fsp3) is 0.357. The molecule has 0 bridgehead atoms. The van der Waals surface area contributed by atoms with Crippen LogP contribution in [0.1, 0.15) is 23.2 Å². The van der Waals surface area contributed by atoms with Gasteiger partial charge >= 0.3 is 17.4 Å². The van der Waals surface area contributed by atoms with Gasteiger partial charge in [0.15, 0.2) is 10.1 Å². The third-order valence-electron chi connectivity index (χ3n) is 3.23. The highest BCUT2D eigenvalue weighted by Crippen LogP contribution is 2.38. The van der Waals surface area contributed by atoms with Gasteiger partial charge in [-0.25, -0.2) is 8.42 Å². The standard InChI is InChI=1S/C14H9F5I3NO7S/c15-13(16,17)12(14(18,19)31(27,28)29)30-9(25)2-1-8(24)23-11(26)6-3-5(20)4-7(21)10(6)22/h3-4,12H,1-2H2,(H,23,24,26)(H,27,28,29)/p-1. The fourth-order valence-corrected chi connectivity index (χ4v) is 4.69. The summed E-state index contributed by atoms with van der Waals surface area (Å²) in [6, 6.07) is 3.19. The topological polar surface area (TPSA) is 130 Å². The van der Waals surface area contributed by atoms with Gasteiger partial charge in [0, 0.05) is 17.1 Å². The molecule has 1 atom stereocenters. The van der Waals surface area contributed by atoms with Crippen molar-refractivity contribution in [2.75, 3.05) is 0 Å². The number of benzene rings is 1. The van der Waals surface area contributed by atoms with Crippen molar-refractivity contribution in [3.05, 3.63) is 28.4 Å². The molecule has 0 aliphatic carbocycles. The Morgan fingerprint density at radius 3 is 2.10 bits per heavy atom. The van der Waals surface area contributed by atoms with Crippen molar-refractivity contribution in [2.24, 2.45) is 0 Å². The van der Waals surface area contributed by atoms with Crippen LogP contribution in [0, 0.1) is 10.7 Å². The van der Waals surface area contributed by atoms with Crippen molar-refractivity contribution in [3.63, 3.8) is 0 Å². The Kier molecular flexibility index (Phi) is 9.85. The molecule has 1 aromatic rings. The number of hydrogen-bond donors (Lipinski definition) is 1. The molecule has 1 N–H and O–H groups in total. The van der Waals surface area contributed by atoms with Gasteiger partial charge in [-0.2, -0.15) is 22.0 Å². The Morgan fingerprint density at radius 1 is 1.06 bits per heavy atom. The second-order valence-electron chi connectivity index (χ2n) is 5.55. The number of alkyl halides is 5. The molecule has 0 spiro atoms. The summed E-state index contributed by atoms with van der Waals surface area (Å²) in [5, 5.41) is -4.12. The highest BCUT2D eigenvalue weighted by molar-refractivity contribution is 14.1. The van der Waals surface area contributed by atoms with Gasteiger partial charge in [-0.3, -0.25) is 19.7 Å². The van der Waals surface area contributed by atoms with Crippen molar-refractivity contribution in [1.29, 1.82) is 0 Å². The highest BCUT2D eigenvalue weighted by atomic mass is 127. The van der Waals surface area contributed by atoms with Crippen molar-refractivity contribution in [1.82, 2.24) is 5.32 Å². The predicted octanol–water partition coefficient (Wildman–Crippen LogP) is 3.15. The number of esters is 1. The Morgan fingerprint density at radius 2 is 1.61 bits per heavy atom. The molecular weight excluding hydrogens is 802 g/mol. The molecule has 0 fully saturated rings. The molecule has 1 aromatic carbocycles. The number of imide groups is 1. The van der Waals surface area contributed by atoms with E-state index in [9.17, 15) is 49.3 Å². The zero-order valence-electron chi connectivity index (χ0n) is 14.4. The molecular formula is C14H8F5I3NO7S-. The Bertz CT molecular complexity index is 1000.